The van der Waals surface area contributed by atoms with E-state index in [1.54, 1.807) is 12.1 Å². The zero-order valence-corrected chi connectivity index (χ0v) is 16.8. The summed E-state index contributed by atoms with van der Waals surface area (Å²) < 4.78 is 28.2. The van der Waals surface area contributed by atoms with Gasteiger partial charge in [0.2, 0.25) is 0 Å². The van der Waals surface area contributed by atoms with Crippen LogP contribution in [0.2, 0.25) is 0 Å². The second-order valence-electron chi connectivity index (χ2n) is 7.25. The van der Waals surface area contributed by atoms with Crippen molar-refractivity contribution in [1.29, 1.82) is 0 Å². The fourth-order valence-electron chi connectivity index (χ4n) is 3.30. The number of thiophene rings is 1. The SMILES string of the molecule is CC(C)c1ccc(S(=O)(=O)Nc2sc3c(c2C(N)=O)CC[C@H](C)C3)cc1. The summed E-state index contributed by atoms with van der Waals surface area (Å²) in [5.74, 6) is 0.270. The van der Waals surface area contributed by atoms with Gasteiger partial charge < -0.3 is 5.73 Å². The van der Waals surface area contributed by atoms with Gasteiger partial charge in [0.25, 0.3) is 15.9 Å². The summed E-state index contributed by atoms with van der Waals surface area (Å²) in [4.78, 5) is 13.2. The van der Waals surface area contributed by atoms with Gasteiger partial charge in [-0.1, -0.05) is 32.9 Å². The molecule has 7 heteroatoms. The van der Waals surface area contributed by atoms with Crippen LogP contribution in [-0.2, 0) is 22.9 Å². The van der Waals surface area contributed by atoms with E-state index in [0.717, 1.165) is 35.3 Å². The molecular formula is C19H24N2O3S2. The van der Waals surface area contributed by atoms with E-state index in [9.17, 15) is 13.2 Å². The number of hydrogen-bond acceptors (Lipinski definition) is 4. The van der Waals surface area contributed by atoms with E-state index in [-0.39, 0.29) is 4.90 Å². The first-order chi connectivity index (χ1) is 12.2. The molecule has 1 aliphatic rings. The van der Waals surface area contributed by atoms with Crippen LogP contribution in [0.25, 0.3) is 0 Å². The molecule has 0 aliphatic heterocycles. The zero-order valence-electron chi connectivity index (χ0n) is 15.2. The average molecular weight is 393 g/mol. The topological polar surface area (TPSA) is 89.3 Å². The Hall–Kier alpha value is -1.86. The summed E-state index contributed by atoms with van der Waals surface area (Å²) in [6.07, 6.45) is 2.59. The van der Waals surface area contributed by atoms with Gasteiger partial charge in [-0.05, 0) is 54.4 Å². The van der Waals surface area contributed by atoms with E-state index < -0.39 is 15.9 Å². The van der Waals surface area contributed by atoms with Gasteiger partial charge >= 0.3 is 0 Å². The van der Waals surface area contributed by atoms with Crippen molar-refractivity contribution in [3.63, 3.8) is 0 Å². The maximum absolute atomic E-state index is 12.8. The molecule has 0 fully saturated rings. The minimum absolute atomic E-state index is 0.178. The van der Waals surface area contributed by atoms with Gasteiger partial charge in [0.05, 0.1) is 10.5 Å². The van der Waals surface area contributed by atoms with Crippen molar-refractivity contribution in [1.82, 2.24) is 0 Å². The van der Waals surface area contributed by atoms with Crippen molar-refractivity contribution in [3.8, 4) is 0 Å². The highest BCUT2D eigenvalue weighted by molar-refractivity contribution is 7.93. The molecule has 1 aromatic carbocycles. The Morgan fingerprint density at radius 3 is 2.50 bits per heavy atom. The highest BCUT2D eigenvalue weighted by atomic mass is 32.2. The van der Waals surface area contributed by atoms with Crippen molar-refractivity contribution in [2.24, 2.45) is 11.7 Å². The molecule has 3 rings (SSSR count). The standard InChI is InChI=1S/C19H24N2O3S2/c1-11(2)13-5-7-14(8-6-13)26(23,24)21-19-17(18(20)22)15-9-4-12(3)10-16(15)25-19/h5-8,11-12,21H,4,9-10H2,1-3H3,(H2,20,22)/t12-/m0/s1. The molecule has 0 bridgehead atoms. The van der Waals surface area contributed by atoms with E-state index in [2.05, 4.69) is 25.5 Å². The third kappa shape index (κ3) is 3.64. The van der Waals surface area contributed by atoms with Crippen LogP contribution in [0.3, 0.4) is 0 Å². The third-order valence-electron chi connectivity index (χ3n) is 4.84. The number of benzene rings is 1. The van der Waals surface area contributed by atoms with Crippen molar-refractivity contribution >= 4 is 32.3 Å². The van der Waals surface area contributed by atoms with Crippen LogP contribution in [-0.4, -0.2) is 14.3 Å². The number of nitrogens with two attached hydrogens (primary N) is 1. The van der Waals surface area contributed by atoms with Crippen molar-refractivity contribution < 1.29 is 13.2 Å². The number of sulfonamides is 1. The fourth-order valence-corrected chi connectivity index (χ4v) is 6.02. The molecule has 5 nitrogen and oxygen atoms in total. The summed E-state index contributed by atoms with van der Waals surface area (Å²) in [6, 6.07) is 6.82. The van der Waals surface area contributed by atoms with E-state index in [1.165, 1.54) is 11.3 Å². The molecule has 0 saturated heterocycles. The van der Waals surface area contributed by atoms with Crippen LogP contribution in [0.5, 0.6) is 0 Å². The Labute approximate surface area is 158 Å². The molecule has 1 heterocycles. The first-order valence-electron chi connectivity index (χ1n) is 8.76. The first-order valence-corrected chi connectivity index (χ1v) is 11.1. The fraction of sp³-hybridized carbons (Fsp3) is 0.421. The first kappa shape index (κ1) is 18.9. The number of anilines is 1. The van der Waals surface area contributed by atoms with Crippen LogP contribution in [0.1, 0.15) is 59.5 Å². The predicted octanol–water partition coefficient (Wildman–Crippen LogP) is 3.90. The van der Waals surface area contributed by atoms with Gasteiger partial charge in [-0.2, -0.15) is 0 Å². The lowest BCUT2D eigenvalue weighted by Gasteiger charge is -2.18. The van der Waals surface area contributed by atoms with Crippen LogP contribution >= 0.6 is 11.3 Å². The normalized spacial score (nSPS) is 17.2. The second-order valence-corrected chi connectivity index (χ2v) is 10.0. The van der Waals surface area contributed by atoms with Gasteiger partial charge in [0.15, 0.2) is 0 Å². The minimum Gasteiger partial charge on any atom is -0.365 e. The highest BCUT2D eigenvalue weighted by Gasteiger charge is 2.28. The monoisotopic (exact) mass is 392 g/mol. The van der Waals surface area contributed by atoms with Crippen molar-refractivity contribution in [2.45, 2.75) is 50.8 Å². The molecule has 0 spiro atoms. The zero-order chi connectivity index (χ0) is 19.1. The van der Waals surface area contributed by atoms with Crippen LogP contribution in [0.4, 0.5) is 5.00 Å². The molecular weight excluding hydrogens is 368 g/mol. The van der Waals surface area contributed by atoms with Crippen molar-refractivity contribution in [3.05, 3.63) is 45.8 Å². The van der Waals surface area contributed by atoms with Gasteiger partial charge in [0, 0.05) is 4.88 Å². The Morgan fingerprint density at radius 1 is 1.27 bits per heavy atom. The third-order valence-corrected chi connectivity index (χ3v) is 7.51. The molecule has 0 saturated carbocycles. The average Bonchev–Trinajstić information content (AvgIpc) is 2.91. The number of nitrogens with one attached hydrogen (secondary N) is 1. The Morgan fingerprint density at radius 2 is 1.92 bits per heavy atom. The molecule has 26 heavy (non-hydrogen) atoms. The summed E-state index contributed by atoms with van der Waals surface area (Å²) in [7, 11) is -3.77. The summed E-state index contributed by atoms with van der Waals surface area (Å²) in [5.41, 5.74) is 7.88. The van der Waals surface area contributed by atoms with E-state index in [1.807, 2.05) is 12.1 Å². The molecule has 1 aromatic heterocycles. The Kier molecular flexibility index (Phi) is 5.12. The van der Waals surface area contributed by atoms with E-state index in [4.69, 9.17) is 5.73 Å². The number of rotatable bonds is 5. The lowest BCUT2D eigenvalue weighted by molar-refractivity contribution is 0.100. The molecule has 0 unspecified atom stereocenters. The van der Waals surface area contributed by atoms with Crippen LogP contribution < -0.4 is 10.5 Å². The molecule has 2 aromatic rings. The van der Waals surface area contributed by atoms with E-state index >= 15 is 0 Å². The van der Waals surface area contributed by atoms with Crippen LogP contribution in [0.15, 0.2) is 29.2 Å². The van der Waals surface area contributed by atoms with Gasteiger partial charge in [0.1, 0.15) is 5.00 Å². The number of primary amides is 1. The maximum Gasteiger partial charge on any atom is 0.262 e. The molecule has 1 atom stereocenters. The summed E-state index contributed by atoms with van der Waals surface area (Å²) >= 11 is 1.33. The van der Waals surface area contributed by atoms with E-state index in [0.29, 0.717) is 22.4 Å². The summed E-state index contributed by atoms with van der Waals surface area (Å²) in [5, 5.41) is 0.338. The predicted molar refractivity (Wildman–Crippen MR) is 105 cm³/mol. The minimum atomic E-state index is -3.77. The lowest BCUT2D eigenvalue weighted by atomic mass is 9.88. The summed E-state index contributed by atoms with van der Waals surface area (Å²) in [6.45, 7) is 6.27. The highest BCUT2D eigenvalue weighted by Crippen LogP contribution is 2.40. The smallest absolute Gasteiger partial charge is 0.262 e. The maximum atomic E-state index is 12.8. The molecule has 3 N–H and O–H groups in total. The Bertz CT molecular complexity index is 928. The molecule has 1 amide bonds. The molecule has 0 radical (unpaired) electrons. The number of amides is 1. The van der Waals surface area contributed by atoms with Gasteiger partial charge in [-0.25, -0.2) is 8.42 Å². The Balaban J connectivity index is 1.96. The van der Waals surface area contributed by atoms with Crippen molar-refractivity contribution in [2.75, 3.05) is 4.72 Å². The molecule has 1 aliphatic carbocycles. The number of carbonyl (C=O) groups is 1. The lowest BCUT2D eigenvalue weighted by Crippen LogP contribution is -2.19. The number of carbonyl (C=O) groups excluding carboxylic acids is 1. The van der Waals surface area contributed by atoms with Crippen LogP contribution in [0, 0.1) is 5.92 Å². The number of hydrogen-bond donors (Lipinski definition) is 2. The van der Waals surface area contributed by atoms with Gasteiger partial charge in [-0.15, -0.1) is 11.3 Å². The quantitative estimate of drug-likeness (QED) is 0.809. The second kappa shape index (κ2) is 7.04. The largest absolute Gasteiger partial charge is 0.365 e. The van der Waals surface area contributed by atoms with Gasteiger partial charge in [-0.3, -0.25) is 9.52 Å². The number of fused-ring (bicyclic) bond motifs is 1. The molecule has 140 valence electrons.